The van der Waals surface area contributed by atoms with E-state index in [4.69, 9.17) is 0 Å². The third-order valence-electron chi connectivity index (χ3n) is 1.60. The van der Waals surface area contributed by atoms with Gasteiger partial charge in [-0.25, -0.2) is 4.99 Å². The molecule has 0 aromatic heterocycles. The summed E-state index contributed by atoms with van der Waals surface area (Å²) in [5, 5.41) is 3.12. The zero-order valence-corrected chi connectivity index (χ0v) is 5.89. The van der Waals surface area contributed by atoms with Crippen molar-refractivity contribution in [1.82, 2.24) is 5.32 Å². The Morgan fingerprint density at radius 2 is 2.56 bits per heavy atom. The zero-order chi connectivity index (χ0) is 6.69. The number of rotatable bonds is 1. The minimum Gasteiger partial charge on any atom is -0.370 e. The van der Waals surface area contributed by atoms with Gasteiger partial charge in [-0.3, -0.25) is 0 Å². The van der Waals surface area contributed by atoms with Crippen LogP contribution in [0, 0.1) is 0 Å². The average Bonchev–Trinajstić information content (AvgIpc) is 1.89. The van der Waals surface area contributed by atoms with Gasteiger partial charge in [0.25, 0.3) is 0 Å². The van der Waals surface area contributed by atoms with Crippen LogP contribution in [0.3, 0.4) is 0 Å². The molecule has 2 nitrogen and oxygen atoms in total. The van der Waals surface area contributed by atoms with Crippen LogP contribution in [0.2, 0.25) is 0 Å². The summed E-state index contributed by atoms with van der Waals surface area (Å²) in [6, 6.07) is 0.479. The molecule has 1 aliphatic rings. The Hall–Kier alpha value is -0.790. The first-order valence-electron chi connectivity index (χ1n) is 3.31. The number of hydrogen-bond acceptors (Lipinski definition) is 2. The fourth-order valence-corrected chi connectivity index (χ4v) is 0.904. The van der Waals surface area contributed by atoms with Crippen LogP contribution >= 0.6 is 0 Å². The summed E-state index contributed by atoms with van der Waals surface area (Å²) in [4.78, 5) is 3.98. The lowest BCUT2D eigenvalue weighted by Gasteiger charge is -2.16. The van der Waals surface area contributed by atoms with E-state index < -0.39 is 0 Å². The van der Waals surface area contributed by atoms with Gasteiger partial charge >= 0.3 is 0 Å². The summed E-state index contributed by atoms with van der Waals surface area (Å²) in [6.07, 6.45) is 4.76. The second kappa shape index (κ2) is 2.67. The predicted octanol–water partition coefficient (Wildman–Crippen LogP) is 1.30. The second-order valence-corrected chi connectivity index (χ2v) is 2.22. The first kappa shape index (κ1) is 6.33. The summed E-state index contributed by atoms with van der Waals surface area (Å²) in [6.45, 7) is 4.28. The first-order chi connectivity index (χ1) is 4.34. The lowest BCUT2D eigenvalue weighted by molar-refractivity contribution is 0.724. The van der Waals surface area contributed by atoms with Crippen molar-refractivity contribution in [2.45, 2.75) is 26.3 Å². The number of aliphatic imine (C=N–C) groups is 1. The molecule has 1 atom stereocenters. The minimum absolute atomic E-state index is 0.479. The molecule has 0 fully saturated rings. The Balaban J connectivity index is 2.63. The molecule has 0 saturated heterocycles. The van der Waals surface area contributed by atoms with Crippen LogP contribution in [-0.2, 0) is 0 Å². The molecule has 50 valence electrons. The smallest absolute Gasteiger partial charge is 0.0883 e. The molecule has 0 saturated carbocycles. The van der Waals surface area contributed by atoms with Crippen molar-refractivity contribution >= 4 is 6.34 Å². The molecular formula is C7H12N2. The summed E-state index contributed by atoms with van der Waals surface area (Å²) in [5.74, 6) is 0. The fourth-order valence-electron chi connectivity index (χ4n) is 0.904. The van der Waals surface area contributed by atoms with E-state index in [1.54, 1.807) is 6.34 Å². The van der Waals surface area contributed by atoms with E-state index in [0.29, 0.717) is 6.04 Å². The van der Waals surface area contributed by atoms with E-state index in [1.807, 2.05) is 6.20 Å². The third-order valence-corrected chi connectivity index (χ3v) is 1.60. The number of nitrogens with zero attached hydrogens (tertiary/aromatic N) is 1. The predicted molar refractivity (Wildman–Crippen MR) is 39.5 cm³/mol. The normalized spacial score (nSPS) is 25.1. The van der Waals surface area contributed by atoms with Gasteiger partial charge < -0.3 is 5.32 Å². The quantitative estimate of drug-likeness (QED) is 0.559. The van der Waals surface area contributed by atoms with E-state index >= 15 is 0 Å². The van der Waals surface area contributed by atoms with Crippen LogP contribution in [0.25, 0.3) is 0 Å². The highest BCUT2D eigenvalue weighted by molar-refractivity contribution is 5.58. The standard InChI is InChI=1S/C7H12N2/c1-3-7-4-8-5-9-6(7)2/h4-6H,3H2,1-2H3,(H,8,9). The van der Waals surface area contributed by atoms with Crippen molar-refractivity contribution in [2.24, 2.45) is 4.99 Å². The van der Waals surface area contributed by atoms with E-state index in [0.717, 1.165) is 6.42 Å². The van der Waals surface area contributed by atoms with E-state index in [9.17, 15) is 0 Å². The van der Waals surface area contributed by atoms with Gasteiger partial charge in [-0.1, -0.05) is 6.92 Å². The van der Waals surface area contributed by atoms with Crippen molar-refractivity contribution < 1.29 is 0 Å². The Kier molecular flexibility index (Phi) is 1.88. The molecule has 1 rings (SSSR count). The van der Waals surface area contributed by atoms with Crippen LogP contribution in [0.1, 0.15) is 20.3 Å². The molecule has 0 spiro atoms. The molecule has 0 radical (unpaired) electrons. The van der Waals surface area contributed by atoms with Gasteiger partial charge in [0, 0.05) is 12.2 Å². The van der Waals surface area contributed by atoms with Gasteiger partial charge in [-0.15, -0.1) is 0 Å². The topological polar surface area (TPSA) is 24.4 Å². The summed E-state index contributed by atoms with van der Waals surface area (Å²) in [7, 11) is 0. The molecule has 1 heterocycles. The van der Waals surface area contributed by atoms with Gasteiger partial charge in [-0.05, 0) is 18.9 Å². The molecule has 1 unspecified atom stereocenters. The van der Waals surface area contributed by atoms with Crippen molar-refractivity contribution in [3.63, 3.8) is 0 Å². The van der Waals surface area contributed by atoms with Crippen LogP contribution in [0.5, 0.6) is 0 Å². The first-order valence-corrected chi connectivity index (χ1v) is 3.31. The Labute approximate surface area is 55.7 Å². The highest BCUT2D eigenvalue weighted by Crippen LogP contribution is 2.08. The van der Waals surface area contributed by atoms with E-state index in [1.165, 1.54) is 5.57 Å². The second-order valence-electron chi connectivity index (χ2n) is 2.22. The molecule has 0 aromatic carbocycles. The molecule has 1 aliphatic heterocycles. The summed E-state index contributed by atoms with van der Waals surface area (Å²) < 4.78 is 0. The molecule has 0 amide bonds. The lowest BCUT2D eigenvalue weighted by atomic mass is 10.1. The number of nitrogens with one attached hydrogen (secondary N) is 1. The van der Waals surface area contributed by atoms with Crippen LogP contribution in [0.15, 0.2) is 16.8 Å². The van der Waals surface area contributed by atoms with Gasteiger partial charge in [-0.2, -0.15) is 0 Å². The third kappa shape index (κ3) is 1.31. The maximum absolute atomic E-state index is 3.98. The van der Waals surface area contributed by atoms with Gasteiger partial charge in [0.15, 0.2) is 0 Å². The van der Waals surface area contributed by atoms with Crippen molar-refractivity contribution in [1.29, 1.82) is 0 Å². The molecular weight excluding hydrogens is 112 g/mol. The Morgan fingerprint density at radius 1 is 1.78 bits per heavy atom. The van der Waals surface area contributed by atoms with Gasteiger partial charge in [0.2, 0.25) is 0 Å². The highest BCUT2D eigenvalue weighted by Gasteiger charge is 2.05. The van der Waals surface area contributed by atoms with E-state index in [2.05, 4.69) is 24.2 Å². The lowest BCUT2D eigenvalue weighted by Crippen LogP contribution is -2.28. The SMILES string of the molecule is CCC1=CN=CNC1C. The van der Waals surface area contributed by atoms with Gasteiger partial charge in [0.05, 0.1) is 6.34 Å². The Bertz CT molecular complexity index is 147. The molecule has 1 N–H and O–H groups in total. The fraction of sp³-hybridized carbons (Fsp3) is 0.571. The van der Waals surface area contributed by atoms with Gasteiger partial charge in [0.1, 0.15) is 0 Å². The molecule has 9 heavy (non-hydrogen) atoms. The largest absolute Gasteiger partial charge is 0.370 e. The molecule has 2 heteroatoms. The molecule has 0 aromatic rings. The van der Waals surface area contributed by atoms with Crippen LogP contribution in [-0.4, -0.2) is 12.4 Å². The van der Waals surface area contributed by atoms with Crippen molar-refractivity contribution in [2.75, 3.05) is 0 Å². The maximum atomic E-state index is 3.98. The molecule has 0 bridgehead atoms. The number of hydrogen-bond donors (Lipinski definition) is 1. The van der Waals surface area contributed by atoms with E-state index in [-0.39, 0.29) is 0 Å². The maximum Gasteiger partial charge on any atom is 0.0883 e. The van der Waals surface area contributed by atoms with Crippen molar-refractivity contribution in [3.05, 3.63) is 11.8 Å². The summed E-state index contributed by atoms with van der Waals surface area (Å²) in [5.41, 5.74) is 1.37. The van der Waals surface area contributed by atoms with Crippen molar-refractivity contribution in [3.8, 4) is 0 Å². The van der Waals surface area contributed by atoms with Crippen LogP contribution < -0.4 is 5.32 Å². The Morgan fingerprint density at radius 3 is 3.00 bits per heavy atom. The zero-order valence-electron chi connectivity index (χ0n) is 5.89. The average molecular weight is 124 g/mol. The summed E-state index contributed by atoms with van der Waals surface area (Å²) >= 11 is 0. The highest BCUT2D eigenvalue weighted by atomic mass is 15.0. The molecule has 0 aliphatic carbocycles. The minimum atomic E-state index is 0.479. The van der Waals surface area contributed by atoms with Crippen LogP contribution in [0.4, 0.5) is 0 Å². The monoisotopic (exact) mass is 124 g/mol.